The van der Waals surface area contributed by atoms with Gasteiger partial charge in [-0.25, -0.2) is 4.98 Å². The van der Waals surface area contributed by atoms with Gasteiger partial charge in [0.05, 0.1) is 5.52 Å². The van der Waals surface area contributed by atoms with Gasteiger partial charge in [-0.1, -0.05) is 22.0 Å². The van der Waals surface area contributed by atoms with E-state index in [1.807, 2.05) is 30.3 Å². The Balaban J connectivity index is 1.88. The van der Waals surface area contributed by atoms with Crippen molar-refractivity contribution in [2.75, 3.05) is 5.32 Å². The molecule has 0 radical (unpaired) electrons. The summed E-state index contributed by atoms with van der Waals surface area (Å²) >= 11 is 3.37. The highest BCUT2D eigenvalue weighted by Crippen LogP contribution is 2.17. The summed E-state index contributed by atoms with van der Waals surface area (Å²) in [6.07, 6.45) is 3.38. The minimum atomic E-state index is -0.234. The summed E-state index contributed by atoms with van der Waals surface area (Å²) in [6.45, 7) is 0. The van der Waals surface area contributed by atoms with Gasteiger partial charge in [-0.05, 0) is 36.4 Å². The summed E-state index contributed by atoms with van der Waals surface area (Å²) in [5.41, 5.74) is 1.85. The van der Waals surface area contributed by atoms with Gasteiger partial charge in [-0.15, -0.1) is 0 Å². The third kappa shape index (κ3) is 2.67. The van der Waals surface area contributed by atoms with Crippen molar-refractivity contribution >= 4 is 38.4 Å². The first kappa shape index (κ1) is 12.7. The molecular weight excluding hydrogens is 318 g/mol. The van der Waals surface area contributed by atoms with E-state index in [1.165, 1.54) is 0 Å². The first-order chi connectivity index (χ1) is 9.72. The highest BCUT2D eigenvalue weighted by atomic mass is 79.9. The second-order valence-electron chi connectivity index (χ2n) is 4.23. The molecule has 98 valence electrons. The number of nitrogens with one attached hydrogen (secondary N) is 1. The van der Waals surface area contributed by atoms with E-state index in [0.29, 0.717) is 5.69 Å². The molecule has 3 aromatic rings. The first-order valence-electron chi connectivity index (χ1n) is 6.00. The summed E-state index contributed by atoms with van der Waals surface area (Å²) in [5.74, 6) is -0.234. The van der Waals surface area contributed by atoms with Crippen LogP contribution in [-0.4, -0.2) is 15.9 Å². The fraction of sp³-hybridized carbons (Fsp3) is 0. The molecule has 1 amide bonds. The zero-order chi connectivity index (χ0) is 13.9. The molecule has 0 saturated carbocycles. The van der Waals surface area contributed by atoms with Gasteiger partial charge in [0.15, 0.2) is 0 Å². The summed E-state index contributed by atoms with van der Waals surface area (Å²) in [5, 5.41) is 3.73. The number of anilines is 1. The van der Waals surface area contributed by atoms with Crippen molar-refractivity contribution in [3.05, 3.63) is 65.0 Å². The van der Waals surface area contributed by atoms with Gasteiger partial charge < -0.3 is 5.32 Å². The third-order valence-corrected chi connectivity index (χ3v) is 3.30. The minimum absolute atomic E-state index is 0.234. The van der Waals surface area contributed by atoms with Crippen LogP contribution in [0.3, 0.4) is 0 Å². The Hall–Kier alpha value is -2.27. The van der Waals surface area contributed by atoms with Gasteiger partial charge in [0.1, 0.15) is 5.69 Å². The fourth-order valence-corrected chi connectivity index (χ4v) is 2.25. The number of aromatic nitrogens is 2. The van der Waals surface area contributed by atoms with E-state index in [1.54, 1.807) is 24.5 Å². The second kappa shape index (κ2) is 5.38. The van der Waals surface area contributed by atoms with E-state index in [4.69, 9.17) is 0 Å². The normalized spacial score (nSPS) is 10.4. The number of fused-ring (bicyclic) bond motifs is 1. The van der Waals surface area contributed by atoms with Crippen LogP contribution >= 0.6 is 15.9 Å². The van der Waals surface area contributed by atoms with Crippen LogP contribution in [0.15, 0.2) is 59.3 Å². The van der Waals surface area contributed by atoms with Crippen LogP contribution in [0.2, 0.25) is 0 Å². The lowest BCUT2D eigenvalue weighted by Gasteiger charge is -2.05. The van der Waals surface area contributed by atoms with Crippen LogP contribution in [0.1, 0.15) is 10.5 Å². The quantitative estimate of drug-likeness (QED) is 0.781. The maximum Gasteiger partial charge on any atom is 0.274 e. The molecule has 4 nitrogen and oxygen atoms in total. The number of benzene rings is 1. The summed E-state index contributed by atoms with van der Waals surface area (Å²) in [7, 11) is 0. The highest BCUT2D eigenvalue weighted by molar-refractivity contribution is 9.10. The van der Waals surface area contributed by atoms with Crippen molar-refractivity contribution in [3.63, 3.8) is 0 Å². The lowest BCUT2D eigenvalue weighted by atomic mass is 10.2. The molecule has 0 atom stereocenters. The van der Waals surface area contributed by atoms with Gasteiger partial charge in [-0.3, -0.25) is 9.78 Å². The van der Waals surface area contributed by atoms with Crippen LogP contribution < -0.4 is 5.32 Å². The number of carbonyl (C=O) groups is 1. The Morgan fingerprint density at radius 2 is 2.05 bits per heavy atom. The summed E-state index contributed by atoms with van der Waals surface area (Å²) in [4.78, 5) is 20.5. The Morgan fingerprint density at radius 1 is 1.15 bits per heavy atom. The van der Waals surface area contributed by atoms with Crippen molar-refractivity contribution < 1.29 is 4.79 Å². The van der Waals surface area contributed by atoms with Crippen LogP contribution in [-0.2, 0) is 0 Å². The van der Waals surface area contributed by atoms with Gasteiger partial charge >= 0.3 is 0 Å². The van der Waals surface area contributed by atoms with E-state index in [0.717, 1.165) is 21.1 Å². The van der Waals surface area contributed by atoms with Gasteiger partial charge in [0, 0.05) is 27.9 Å². The van der Waals surface area contributed by atoms with E-state index < -0.39 is 0 Å². The molecule has 0 aliphatic heterocycles. The summed E-state index contributed by atoms with van der Waals surface area (Å²) < 4.78 is 0.910. The number of hydrogen-bond acceptors (Lipinski definition) is 3. The van der Waals surface area contributed by atoms with Crippen LogP contribution in [0, 0.1) is 0 Å². The Morgan fingerprint density at radius 3 is 2.90 bits per heavy atom. The monoisotopic (exact) mass is 327 g/mol. The van der Waals surface area contributed by atoms with Crippen molar-refractivity contribution in [1.29, 1.82) is 0 Å². The molecule has 1 N–H and O–H groups in total. The minimum Gasteiger partial charge on any atom is -0.321 e. The number of amides is 1. The molecule has 0 fully saturated rings. The molecule has 0 aliphatic rings. The van der Waals surface area contributed by atoms with Crippen molar-refractivity contribution in [1.82, 2.24) is 9.97 Å². The van der Waals surface area contributed by atoms with E-state index >= 15 is 0 Å². The maximum atomic E-state index is 12.2. The number of nitrogens with zero attached hydrogens (tertiary/aromatic N) is 2. The van der Waals surface area contributed by atoms with Gasteiger partial charge in [-0.2, -0.15) is 0 Å². The number of pyridine rings is 2. The zero-order valence-corrected chi connectivity index (χ0v) is 12.0. The molecule has 0 spiro atoms. The molecular formula is C15H10BrN3O. The maximum absolute atomic E-state index is 12.2. The van der Waals surface area contributed by atoms with E-state index in [2.05, 4.69) is 31.2 Å². The molecule has 3 rings (SSSR count). The zero-order valence-electron chi connectivity index (χ0n) is 10.4. The van der Waals surface area contributed by atoms with Crippen molar-refractivity contribution in [2.45, 2.75) is 0 Å². The largest absolute Gasteiger partial charge is 0.321 e. The number of rotatable bonds is 2. The van der Waals surface area contributed by atoms with E-state index in [9.17, 15) is 4.79 Å². The average Bonchev–Trinajstić information content (AvgIpc) is 2.47. The predicted octanol–water partition coefficient (Wildman–Crippen LogP) is 3.64. The molecule has 5 heteroatoms. The van der Waals surface area contributed by atoms with Crippen LogP contribution in [0.5, 0.6) is 0 Å². The third-order valence-electron chi connectivity index (χ3n) is 2.80. The fourth-order valence-electron chi connectivity index (χ4n) is 1.85. The average molecular weight is 328 g/mol. The molecule has 0 saturated heterocycles. The van der Waals surface area contributed by atoms with Crippen LogP contribution in [0.4, 0.5) is 5.69 Å². The van der Waals surface area contributed by atoms with Gasteiger partial charge in [0.2, 0.25) is 0 Å². The molecule has 0 bridgehead atoms. The standard InChI is InChI=1S/C15H10BrN3O/c16-11-2-1-3-12(8-11)18-15(20)14-5-4-10-9-17-7-6-13(10)19-14/h1-9H,(H,18,20). The SMILES string of the molecule is O=C(Nc1cccc(Br)c1)c1ccc2cnccc2n1. The number of carbonyl (C=O) groups excluding carboxylic acids is 1. The van der Waals surface area contributed by atoms with Gasteiger partial charge in [0.25, 0.3) is 5.91 Å². The van der Waals surface area contributed by atoms with Crippen molar-refractivity contribution in [2.24, 2.45) is 0 Å². The molecule has 0 unspecified atom stereocenters. The Kier molecular flexibility index (Phi) is 3.43. The van der Waals surface area contributed by atoms with Crippen molar-refractivity contribution in [3.8, 4) is 0 Å². The topological polar surface area (TPSA) is 54.9 Å². The Labute approximate surface area is 124 Å². The molecule has 20 heavy (non-hydrogen) atoms. The molecule has 0 aliphatic carbocycles. The second-order valence-corrected chi connectivity index (χ2v) is 5.15. The first-order valence-corrected chi connectivity index (χ1v) is 6.79. The summed E-state index contributed by atoms with van der Waals surface area (Å²) in [6, 6.07) is 12.7. The lowest BCUT2D eigenvalue weighted by molar-refractivity contribution is 0.102. The smallest absolute Gasteiger partial charge is 0.274 e. The number of hydrogen-bond donors (Lipinski definition) is 1. The van der Waals surface area contributed by atoms with Crippen LogP contribution in [0.25, 0.3) is 10.9 Å². The Bertz CT molecular complexity index is 789. The molecule has 2 aromatic heterocycles. The number of halogens is 1. The lowest BCUT2D eigenvalue weighted by Crippen LogP contribution is -2.13. The van der Waals surface area contributed by atoms with E-state index in [-0.39, 0.29) is 5.91 Å². The molecule has 2 heterocycles. The highest BCUT2D eigenvalue weighted by Gasteiger charge is 2.08. The molecule has 1 aromatic carbocycles. The predicted molar refractivity (Wildman–Crippen MR) is 81.6 cm³/mol.